The van der Waals surface area contributed by atoms with Gasteiger partial charge in [0.25, 0.3) is 0 Å². The van der Waals surface area contributed by atoms with Gasteiger partial charge in [0.2, 0.25) is 11.8 Å². The van der Waals surface area contributed by atoms with E-state index in [0.29, 0.717) is 19.1 Å². The number of para-hydroxylation sites is 1. The largest absolute Gasteiger partial charge is 0.381 e. The average Bonchev–Trinajstić information content (AvgIpc) is 2.62. The Morgan fingerprint density at radius 2 is 1.71 bits per heavy atom. The Hall–Kier alpha value is -2.04. The molecule has 1 atom stereocenters. The molecule has 2 amide bonds. The summed E-state index contributed by atoms with van der Waals surface area (Å²) in [6, 6.07) is 10.5. The van der Waals surface area contributed by atoms with Crippen LogP contribution in [0.25, 0.3) is 0 Å². The second-order valence-electron chi connectivity index (χ2n) is 6.91. The van der Waals surface area contributed by atoms with E-state index in [4.69, 9.17) is 0 Å². The summed E-state index contributed by atoms with van der Waals surface area (Å²) < 4.78 is 0. The molecule has 1 N–H and O–H groups in total. The maximum absolute atomic E-state index is 12.8. The van der Waals surface area contributed by atoms with Crippen molar-refractivity contribution in [3.05, 3.63) is 30.3 Å². The Balaban J connectivity index is 1.53. The van der Waals surface area contributed by atoms with Gasteiger partial charge in [0.15, 0.2) is 0 Å². The summed E-state index contributed by atoms with van der Waals surface area (Å²) in [6.45, 7) is 4.67. The van der Waals surface area contributed by atoms with Crippen molar-refractivity contribution in [3.8, 4) is 0 Å². The first-order valence-corrected chi connectivity index (χ1v) is 8.99. The topological polar surface area (TPSA) is 52.7 Å². The first kappa shape index (κ1) is 16.8. The summed E-state index contributed by atoms with van der Waals surface area (Å²) >= 11 is 0. The Morgan fingerprint density at radius 3 is 2.38 bits per heavy atom. The van der Waals surface area contributed by atoms with Gasteiger partial charge in [0.05, 0.1) is 0 Å². The van der Waals surface area contributed by atoms with Crippen LogP contribution < -0.4 is 5.32 Å². The van der Waals surface area contributed by atoms with E-state index >= 15 is 0 Å². The molecular formula is C19H27N3O2. The Morgan fingerprint density at radius 1 is 1.00 bits per heavy atom. The molecule has 2 saturated heterocycles. The molecule has 2 aliphatic rings. The van der Waals surface area contributed by atoms with Crippen LogP contribution >= 0.6 is 0 Å². The lowest BCUT2D eigenvalue weighted by Gasteiger charge is -2.38. The molecule has 1 aromatic carbocycles. The molecule has 0 radical (unpaired) electrons. The fourth-order valence-electron chi connectivity index (χ4n) is 3.76. The average molecular weight is 329 g/mol. The van der Waals surface area contributed by atoms with E-state index in [1.165, 1.54) is 0 Å². The van der Waals surface area contributed by atoms with Gasteiger partial charge in [-0.15, -0.1) is 0 Å². The summed E-state index contributed by atoms with van der Waals surface area (Å²) in [4.78, 5) is 28.1. The van der Waals surface area contributed by atoms with Gasteiger partial charge in [-0.3, -0.25) is 9.59 Å². The SMILES string of the molecule is CC(=O)N1CCC(C(=O)N2CCCC(Nc3ccccc3)C2)CC1. The number of piperidine rings is 2. The van der Waals surface area contributed by atoms with Crippen LogP contribution in [0.15, 0.2) is 30.3 Å². The second kappa shape index (κ2) is 7.69. The number of amides is 2. The first-order valence-electron chi connectivity index (χ1n) is 8.99. The molecule has 24 heavy (non-hydrogen) atoms. The third kappa shape index (κ3) is 4.08. The van der Waals surface area contributed by atoms with Gasteiger partial charge in [-0.1, -0.05) is 18.2 Å². The molecule has 2 fully saturated rings. The van der Waals surface area contributed by atoms with Gasteiger partial charge in [-0.2, -0.15) is 0 Å². The van der Waals surface area contributed by atoms with Gasteiger partial charge in [0.1, 0.15) is 0 Å². The molecule has 0 aliphatic carbocycles. The number of hydrogen-bond donors (Lipinski definition) is 1. The second-order valence-corrected chi connectivity index (χ2v) is 6.91. The number of carbonyl (C=O) groups is 2. The number of rotatable bonds is 3. The quantitative estimate of drug-likeness (QED) is 0.926. The summed E-state index contributed by atoms with van der Waals surface area (Å²) in [7, 11) is 0. The molecule has 2 aliphatic heterocycles. The van der Waals surface area contributed by atoms with Crippen LogP contribution in [-0.2, 0) is 9.59 Å². The van der Waals surface area contributed by atoms with Crippen molar-refractivity contribution >= 4 is 17.5 Å². The number of hydrogen-bond acceptors (Lipinski definition) is 3. The summed E-state index contributed by atoms with van der Waals surface area (Å²) in [6.07, 6.45) is 3.74. The fourth-order valence-corrected chi connectivity index (χ4v) is 3.76. The molecule has 5 nitrogen and oxygen atoms in total. The van der Waals surface area contributed by atoms with E-state index in [2.05, 4.69) is 17.4 Å². The van der Waals surface area contributed by atoms with E-state index in [9.17, 15) is 9.59 Å². The smallest absolute Gasteiger partial charge is 0.225 e. The number of nitrogens with one attached hydrogen (secondary N) is 1. The van der Waals surface area contributed by atoms with E-state index in [0.717, 1.165) is 44.5 Å². The number of likely N-dealkylation sites (tertiary alicyclic amines) is 2. The zero-order valence-corrected chi connectivity index (χ0v) is 14.4. The fraction of sp³-hybridized carbons (Fsp3) is 0.579. The van der Waals surface area contributed by atoms with Crippen LogP contribution in [0.4, 0.5) is 5.69 Å². The minimum atomic E-state index is 0.0797. The van der Waals surface area contributed by atoms with Gasteiger partial charge >= 0.3 is 0 Å². The van der Waals surface area contributed by atoms with E-state index in [1.54, 1.807) is 6.92 Å². The number of benzene rings is 1. The molecule has 0 aromatic heterocycles. The summed E-state index contributed by atoms with van der Waals surface area (Å²) in [5, 5.41) is 3.54. The van der Waals surface area contributed by atoms with Crippen molar-refractivity contribution < 1.29 is 9.59 Å². The van der Waals surface area contributed by atoms with Crippen molar-refractivity contribution in [1.29, 1.82) is 0 Å². The van der Waals surface area contributed by atoms with Gasteiger partial charge in [0, 0.05) is 50.7 Å². The molecule has 5 heteroatoms. The molecule has 0 saturated carbocycles. The van der Waals surface area contributed by atoms with E-state index in [1.807, 2.05) is 28.0 Å². The van der Waals surface area contributed by atoms with Crippen LogP contribution in [0.1, 0.15) is 32.6 Å². The highest BCUT2D eigenvalue weighted by Crippen LogP contribution is 2.23. The molecule has 0 bridgehead atoms. The van der Waals surface area contributed by atoms with Crippen molar-refractivity contribution in [2.24, 2.45) is 5.92 Å². The zero-order chi connectivity index (χ0) is 16.9. The Kier molecular flexibility index (Phi) is 5.38. The lowest BCUT2D eigenvalue weighted by atomic mass is 9.93. The molecular weight excluding hydrogens is 302 g/mol. The molecule has 2 heterocycles. The minimum absolute atomic E-state index is 0.0797. The number of carbonyl (C=O) groups excluding carboxylic acids is 2. The Bertz CT molecular complexity index is 567. The van der Waals surface area contributed by atoms with Crippen LogP contribution in [-0.4, -0.2) is 53.8 Å². The zero-order valence-electron chi connectivity index (χ0n) is 14.4. The first-order chi connectivity index (χ1) is 11.6. The lowest BCUT2D eigenvalue weighted by Crippen LogP contribution is -2.49. The predicted molar refractivity (Wildman–Crippen MR) is 94.6 cm³/mol. The predicted octanol–water partition coefficient (Wildman–Crippen LogP) is 2.35. The molecule has 3 rings (SSSR count). The van der Waals surface area contributed by atoms with Crippen LogP contribution in [0, 0.1) is 5.92 Å². The minimum Gasteiger partial charge on any atom is -0.381 e. The highest BCUT2D eigenvalue weighted by atomic mass is 16.2. The van der Waals surface area contributed by atoms with Gasteiger partial charge in [-0.25, -0.2) is 0 Å². The molecule has 130 valence electrons. The molecule has 0 spiro atoms. The van der Waals surface area contributed by atoms with Crippen molar-refractivity contribution in [2.75, 3.05) is 31.5 Å². The van der Waals surface area contributed by atoms with Crippen molar-refractivity contribution in [3.63, 3.8) is 0 Å². The highest BCUT2D eigenvalue weighted by Gasteiger charge is 2.31. The van der Waals surface area contributed by atoms with E-state index < -0.39 is 0 Å². The number of nitrogens with zero attached hydrogens (tertiary/aromatic N) is 2. The molecule has 1 aromatic rings. The van der Waals surface area contributed by atoms with Crippen LogP contribution in [0.5, 0.6) is 0 Å². The Labute approximate surface area is 144 Å². The van der Waals surface area contributed by atoms with Crippen LogP contribution in [0.2, 0.25) is 0 Å². The summed E-state index contributed by atoms with van der Waals surface area (Å²) in [5.74, 6) is 0.472. The highest BCUT2D eigenvalue weighted by molar-refractivity contribution is 5.80. The standard InChI is InChI=1S/C19H27N3O2/c1-15(23)21-12-9-16(10-13-21)19(24)22-11-5-8-18(14-22)20-17-6-3-2-4-7-17/h2-4,6-7,16,18,20H,5,8-14H2,1H3. The molecule has 1 unspecified atom stereocenters. The number of anilines is 1. The third-order valence-electron chi connectivity index (χ3n) is 5.17. The van der Waals surface area contributed by atoms with Crippen LogP contribution in [0.3, 0.4) is 0 Å². The summed E-state index contributed by atoms with van der Waals surface area (Å²) in [5.41, 5.74) is 1.12. The van der Waals surface area contributed by atoms with Crippen molar-refractivity contribution in [1.82, 2.24) is 9.80 Å². The monoisotopic (exact) mass is 329 g/mol. The normalized spacial score (nSPS) is 22.3. The van der Waals surface area contributed by atoms with Gasteiger partial charge < -0.3 is 15.1 Å². The maximum Gasteiger partial charge on any atom is 0.225 e. The third-order valence-corrected chi connectivity index (χ3v) is 5.17. The maximum atomic E-state index is 12.8. The van der Waals surface area contributed by atoms with E-state index in [-0.39, 0.29) is 17.7 Å². The van der Waals surface area contributed by atoms with Crippen molar-refractivity contribution in [2.45, 2.75) is 38.6 Å². The lowest BCUT2D eigenvalue weighted by molar-refractivity contribution is -0.140. The van der Waals surface area contributed by atoms with Gasteiger partial charge in [-0.05, 0) is 37.8 Å².